The zero-order chi connectivity index (χ0) is 13.8. The van der Waals surface area contributed by atoms with Gasteiger partial charge in [0.2, 0.25) is 0 Å². The molecule has 0 radical (unpaired) electrons. The van der Waals surface area contributed by atoms with E-state index in [1.807, 2.05) is 13.8 Å². The van der Waals surface area contributed by atoms with Gasteiger partial charge in [0.05, 0.1) is 13.0 Å². The highest BCUT2D eigenvalue weighted by atomic mass is 16.5. The normalized spacial score (nSPS) is 10.7. The van der Waals surface area contributed by atoms with Crippen molar-refractivity contribution >= 4 is 11.8 Å². The van der Waals surface area contributed by atoms with Crippen molar-refractivity contribution in [3.05, 3.63) is 0 Å². The first-order chi connectivity index (χ1) is 8.56. The summed E-state index contributed by atoms with van der Waals surface area (Å²) >= 11 is 0. The molecule has 0 unspecified atom stereocenters. The number of unbranched alkanes of at least 4 members (excludes halogenated alkanes) is 4. The van der Waals surface area contributed by atoms with Crippen LogP contribution in [0.25, 0.3) is 0 Å². The fourth-order valence-corrected chi connectivity index (χ4v) is 1.76. The molecule has 0 aliphatic carbocycles. The molecule has 0 aromatic rings. The highest BCUT2D eigenvalue weighted by Gasteiger charge is 2.09. The van der Waals surface area contributed by atoms with Crippen LogP contribution in [0.1, 0.15) is 72.1 Å². The summed E-state index contributed by atoms with van der Waals surface area (Å²) in [5.74, 6) is 0.291. The van der Waals surface area contributed by atoms with Crippen LogP contribution in [0.3, 0.4) is 0 Å². The van der Waals surface area contributed by atoms with Crippen molar-refractivity contribution in [3.8, 4) is 0 Å². The van der Waals surface area contributed by atoms with Gasteiger partial charge in [-0.25, -0.2) is 0 Å². The van der Waals surface area contributed by atoms with E-state index in [9.17, 15) is 9.59 Å². The van der Waals surface area contributed by atoms with Gasteiger partial charge in [-0.1, -0.05) is 46.5 Å². The summed E-state index contributed by atoms with van der Waals surface area (Å²) in [5, 5.41) is 0. The molecule has 3 nitrogen and oxygen atoms in total. The van der Waals surface area contributed by atoms with Gasteiger partial charge in [-0.2, -0.15) is 0 Å². The van der Waals surface area contributed by atoms with Crippen LogP contribution in [0.4, 0.5) is 0 Å². The summed E-state index contributed by atoms with van der Waals surface area (Å²) in [5.41, 5.74) is 0. The molecule has 0 saturated carbocycles. The average Bonchev–Trinajstić information content (AvgIpc) is 2.30. The molecule has 0 fully saturated rings. The number of carbonyl (C=O) groups excluding carboxylic acids is 2. The lowest BCUT2D eigenvalue weighted by atomic mass is 10.0. The molecule has 0 N–H and O–H groups in total. The van der Waals surface area contributed by atoms with Gasteiger partial charge >= 0.3 is 5.97 Å². The second kappa shape index (κ2) is 11.2. The molecular weight excluding hydrogens is 228 g/mol. The van der Waals surface area contributed by atoms with E-state index in [0.717, 1.165) is 12.8 Å². The fraction of sp³-hybridized carbons (Fsp3) is 0.867. The molecule has 0 aliphatic rings. The predicted molar refractivity (Wildman–Crippen MR) is 73.4 cm³/mol. The van der Waals surface area contributed by atoms with E-state index in [0.29, 0.717) is 25.4 Å². The molecule has 18 heavy (non-hydrogen) atoms. The summed E-state index contributed by atoms with van der Waals surface area (Å²) in [6.45, 7) is 6.69. The number of ether oxygens (including phenoxy) is 1. The molecule has 3 heteroatoms. The van der Waals surface area contributed by atoms with Crippen LogP contribution in [0, 0.1) is 5.92 Å². The van der Waals surface area contributed by atoms with Crippen molar-refractivity contribution in [2.45, 2.75) is 72.1 Å². The second-order valence-electron chi connectivity index (χ2n) is 5.27. The van der Waals surface area contributed by atoms with Gasteiger partial charge < -0.3 is 4.74 Å². The van der Waals surface area contributed by atoms with E-state index >= 15 is 0 Å². The molecule has 0 aromatic carbocycles. The molecule has 0 heterocycles. The van der Waals surface area contributed by atoms with Crippen LogP contribution in [-0.2, 0) is 14.3 Å². The van der Waals surface area contributed by atoms with Gasteiger partial charge in [-0.05, 0) is 12.3 Å². The minimum Gasteiger partial charge on any atom is -0.466 e. The average molecular weight is 256 g/mol. The number of rotatable bonds is 11. The van der Waals surface area contributed by atoms with Crippen molar-refractivity contribution in [3.63, 3.8) is 0 Å². The zero-order valence-corrected chi connectivity index (χ0v) is 12.2. The van der Waals surface area contributed by atoms with Crippen molar-refractivity contribution in [1.82, 2.24) is 0 Å². The SMILES string of the molecule is CCCCCCCOC(=O)CCC(=O)CC(C)C. The first kappa shape index (κ1) is 17.1. The third-order valence-electron chi connectivity index (χ3n) is 2.75. The number of ketones is 1. The Morgan fingerprint density at radius 2 is 1.67 bits per heavy atom. The summed E-state index contributed by atoms with van der Waals surface area (Å²) < 4.78 is 5.09. The summed E-state index contributed by atoms with van der Waals surface area (Å²) in [6.07, 6.45) is 6.85. The highest BCUT2D eigenvalue weighted by Crippen LogP contribution is 2.06. The molecule has 0 aliphatic heterocycles. The number of Topliss-reactive ketones (excluding diaryl/α,β-unsaturated/α-hetero) is 1. The Labute approximate surface area is 111 Å². The Morgan fingerprint density at radius 1 is 1.00 bits per heavy atom. The minimum absolute atomic E-state index is 0.157. The molecule has 0 spiro atoms. The third-order valence-corrected chi connectivity index (χ3v) is 2.75. The molecule has 0 rings (SSSR count). The number of hydrogen-bond acceptors (Lipinski definition) is 3. The molecular formula is C15H28O3. The second-order valence-corrected chi connectivity index (χ2v) is 5.27. The van der Waals surface area contributed by atoms with E-state index in [-0.39, 0.29) is 18.2 Å². The molecule has 0 saturated heterocycles. The minimum atomic E-state index is -0.234. The Morgan fingerprint density at radius 3 is 2.28 bits per heavy atom. The van der Waals surface area contributed by atoms with Gasteiger partial charge in [0.25, 0.3) is 0 Å². The summed E-state index contributed by atoms with van der Waals surface area (Å²) in [7, 11) is 0. The van der Waals surface area contributed by atoms with Crippen molar-refractivity contribution in [2.24, 2.45) is 5.92 Å². The van der Waals surface area contributed by atoms with Gasteiger partial charge in [-0.3, -0.25) is 9.59 Å². The first-order valence-corrected chi connectivity index (χ1v) is 7.23. The van der Waals surface area contributed by atoms with Crippen molar-refractivity contribution in [1.29, 1.82) is 0 Å². The summed E-state index contributed by atoms with van der Waals surface area (Å²) in [6, 6.07) is 0. The van der Waals surface area contributed by atoms with Gasteiger partial charge in [-0.15, -0.1) is 0 Å². The number of carbonyl (C=O) groups is 2. The molecule has 0 bridgehead atoms. The van der Waals surface area contributed by atoms with Crippen LogP contribution in [0.5, 0.6) is 0 Å². The lowest BCUT2D eigenvalue weighted by Crippen LogP contribution is -2.10. The van der Waals surface area contributed by atoms with E-state index < -0.39 is 0 Å². The predicted octanol–water partition coefficient (Wildman–Crippen LogP) is 3.90. The standard InChI is InChI=1S/C15H28O3/c1-4-5-6-7-8-11-18-15(17)10-9-14(16)12-13(2)3/h13H,4-12H2,1-3H3. The third kappa shape index (κ3) is 11.6. The maximum Gasteiger partial charge on any atom is 0.306 e. The van der Waals surface area contributed by atoms with Gasteiger partial charge in [0.15, 0.2) is 0 Å². The summed E-state index contributed by atoms with van der Waals surface area (Å²) in [4.78, 5) is 22.7. The smallest absolute Gasteiger partial charge is 0.306 e. The van der Waals surface area contributed by atoms with Crippen LogP contribution in [-0.4, -0.2) is 18.4 Å². The molecule has 0 aromatic heterocycles. The molecule has 106 valence electrons. The van der Waals surface area contributed by atoms with Crippen LogP contribution in [0.2, 0.25) is 0 Å². The maximum absolute atomic E-state index is 11.4. The lowest BCUT2D eigenvalue weighted by molar-refractivity contribution is -0.145. The topological polar surface area (TPSA) is 43.4 Å². The Bertz CT molecular complexity index is 234. The zero-order valence-electron chi connectivity index (χ0n) is 12.2. The van der Waals surface area contributed by atoms with Crippen LogP contribution in [0.15, 0.2) is 0 Å². The first-order valence-electron chi connectivity index (χ1n) is 7.23. The van der Waals surface area contributed by atoms with Crippen LogP contribution >= 0.6 is 0 Å². The fourth-order valence-electron chi connectivity index (χ4n) is 1.76. The number of esters is 1. The Hall–Kier alpha value is -0.860. The lowest BCUT2D eigenvalue weighted by Gasteiger charge is -2.05. The van der Waals surface area contributed by atoms with Gasteiger partial charge in [0, 0.05) is 12.8 Å². The van der Waals surface area contributed by atoms with Crippen molar-refractivity contribution in [2.75, 3.05) is 6.61 Å². The van der Waals surface area contributed by atoms with E-state index in [1.165, 1.54) is 19.3 Å². The van der Waals surface area contributed by atoms with E-state index in [1.54, 1.807) is 0 Å². The Balaban J connectivity index is 3.40. The highest BCUT2D eigenvalue weighted by molar-refractivity contribution is 5.82. The quantitative estimate of drug-likeness (QED) is 0.416. The van der Waals surface area contributed by atoms with Gasteiger partial charge in [0.1, 0.15) is 5.78 Å². The largest absolute Gasteiger partial charge is 0.466 e. The monoisotopic (exact) mass is 256 g/mol. The van der Waals surface area contributed by atoms with Crippen molar-refractivity contribution < 1.29 is 14.3 Å². The molecule has 0 amide bonds. The van der Waals surface area contributed by atoms with Crippen LogP contribution < -0.4 is 0 Å². The van der Waals surface area contributed by atoms with E-state index in [4.69, 9.17) is 4.74 Å². The maximum atomic E-state index is 11.4. The number of hydrogen-bond donors (Lipinski definition) is 0. The Kier molecular flexibility index (Phi) is 10.7. The molecule has 0 atom stereocenters. The van der Waals surface area contributed by atoms with E-state index in [2.05, 4.69) is 6.92 Å².